The molecule has 0 aromatic heterocycles. The fraction of sp³-hybridized carbons (Fsp3) is 0. The molecular weight excluding hydrogens is 148 g/mol. The minimum atomic E-state index is 0.691. The maximum Gasteiger partial charge on any atom is 0.0856 e. The Morgan fingerprint density at radius 2 is 1.58 bits per heavy atom. The Hall–Kier alpha value is -1.70. The molecule has 2 rings (SSSR count). The van der Waals surface area contributed by atoms with Gasteiger partial charge in [-0.2, -0.15) is 5.11 Å². The summed E-state index contributed by atoms with van der Waals surface area (Å²) in [4.78, 5) is 0. The molecule has 0 amide bonds. The second-order valence-corrected chi connectivity index (χ2v) is 2.64. The Morgan fingerprint density at radius 1 is 0.917 bits per heavy atom. The molecule has 0 saturated carbocycles. The average molecular weight is 156 g/mol. The Kier molecular flexibility index (Phi) is 1.59. The first-order valence-corrected chi connectivity index (χ1v) is 3.76. The maximum atomic E-state index is 6.88. The number of fused-ring (bicyclic) bond motifs is 1. The van der Waals surface area contributed by atoms with Gasteiger partial charge in [0.2, 0.25) is 0 Å². The molecule has 1 N–H and O–H groups in total. The average Bonchev–Trinajstić information content (AvgIpc) is 2.43. The van der Waals surface area contributed by atoms with Crippen molar-refractivity contribution in [3.8, 4) is 11.1 Å². The van der Waals surface area contributed by atoms with Crippen LogP contribution in [0, 0.1) is 5.53 Å². The van der Waals surface area contributed by atoms with Crippen LogP contribution in [-0.4, -0.2) is 0 Å². The van der Waals surface area contributed by atoms with Crippen molar-refractivity contribution in [3.63, 3.8) is 0 Å². The molecule has 2 heteroatoms. The summed E-state index contributed by atoms with van der Waals surface area (Å²) in [6.07, 6.45) is 0. The topological polar surface area (TPSA) is 36.2 Å². The Labute approximate surface area is 70.7 Å². The van der Waals surface area contributed by atoms with Crippen molar-refractivity contribution in [3.05, 3.63) is 42.5 Å². The molecule has 0 heterocycles. The van der Waals surface area contributed by atoms with Gasteiger partial charge in [0.1, 0.15) is 0 Å². The van der Waals surface area contributed by atoms with Crippen LogP contribution < -0.4 is 0 Å². The summed E-state index contributed by atoms with van der Waals surface area (Å²) in [7, 11) is 0. The van der Waals surface area contributed by atoms with Crippen LogP contribution in [-0.2, 0) is 0 Å². The minimum absolute atomic E-state index is 0.691. The summed E-state index contributed by atoms with van der Waals surface area (Å²) >= 11 is 0. The van der Waals surface area contributed by atoms with E-state index in [1.165, 1.54) is 5.56 Å². The van der Waals surface area contributed by atoms with Crippen LogP contribution in [0.25, 0.3) is 11.1 Å². The van der Waals surface area contributed by atoms with Crippen LogP contribution in [0.1, 0.15) is 0 Å². The summed E-state index contributed by atoms with van der Waals surface area (Å²) in [6.45, 7) is 0. The van der Waals surface area contributed by atoms with Gasteiger partial charge in [-0.1, -0.05) is 30.3 Å². The maximum absolute atomic E-state index is 6.88. The number of hydrogen-bond donors (Lipinski definition) is 1. The third kappa shape index (κ3) is 1.07. The first-order valence-electron chi connectivity index (χ1n) is 3.76. The Balaban J connectivity index is 2.68. The van der Waals surface area contributed by atoms with Crippen molar-refractivity contribution in [2.24, 2.45) is 5.11 Å². The lowest BCUT2D eigenvalue weighted by Crippen LogP contribution is -1.61. The van der Waals surface area contributed by atoms with Gasteiger partial charge in [0.05, 0.1) is 5.69 Å². The minimum Gasteiger partial charge on any atom is -0.204 e. The molecule has 0 unspecified atom stereocenters. The predicted octanol–water partition coefficient (Wildman–Crippen LogP) is 3.45. The molecule has 2 nitrogen and oxygen atoms in total. The monoisotopic (exact) mass is 156 g/mol. The van der Waals surface area contributed by atoms with E-state index >= 15 is 0 Å². The Bertz CT molecular complexity index is 382. The van der Waals surface area contributed by atoms with E-state index in [0.29, 0.717) is 5.69 Å². The number of hydrogen-bond acceptors (Lipinski definition) is 2. The molecule has 0 fully saturated rings. The van der Waals surface area contributed by atoms with E-state index in [0.717, 1.165) is 5.56 Å². The molecule has 58 valence electrons. The molecule has 0 saturated heterocycles. The third-order valence-electron chi connectivity index (χ3n) is 1.86. The molecule has 0 aromatic carbocycles. The van der Waals surface area contributed by atoms with Crippen LogP contribution in [0.2, 0.25) is 0 Å². The van der Waals surface area contributed by atoms with Gasteiger partial charge < -0.3 is 0 Å². The second-order valence-electron chi connectivity index (χ2n) is 2.64. The van der Waals surface area contributed by atoms with Gasteiger partial charge in [0.25, 0.3) is 0 Å². The van der Waals surface area contributed by atoms with Gasteiger partial charge in [-0.25, -0.2) is 5.53 Å². The molecule has 2 aliphatic carbocycles. The third-order valence-corrected chi connectivity index (χ3v) is 1.86. The quantitative estimate of drug-likeness (QED) is 0.614. The highest BCUT2D eigenvalue weighted by atomic mass is 14.9. The number of nitrogens with one attached hydrogen (secondary N) is 1. The molecule has 2 aliphatic rings. The molecule has 0 aliphatic heterocycles. The first kappa shape index (κ1) is 6.98. The van der Waals surface area contributed by atoms with Crippen molar-refractivity contribution < 1.29 is 0 Å². The first-order chi connectivity index (χ1) is 5.90. The van der Waals surface area contributed by atoms with Gasteiger partial charge >= 0.3 is 0 Å². The van der Waals surface area contributed by atoms with Crippen LogP contribution in [0.5, 0.6) is 0 Å². The standard InChI is InChI=1S/C10H8N2/c11-12-10-6-2-4-8-3-1-5-9(8)7-10/h1-7,11H. The number of nitrogens with zero attached hydrogens (tertiary/aromatic N) is 1. The zero-order valence-corrected chi connectivity index (χ0v) is 6.49. The van der Waals surface area contributed by atoms with Crippen molar-refractivity contribution in [1.29, 1.82) is 5.53 Å². The van der Waals surface area contributed by atoms with Crippen LogP contribution in [0.15, 0.2) is 47.6 Å². The summed E-state index contributed by atoms with van der Waals surface area (Å²) in [5, 5.41) is 3.39. The lowest BCUT2D eigenvalue weighted by molar-refractivity contribution is 1.15. The van der Waals surface area contributed by atoms with Gasteiger partial charge in [0.15, 0.2) is 0 Å². The van der Waals surface area contributed by atoms with E-state index in [9.17, 15) is 0 Å². The zero-order chi connectivity index (χ0) is 8.39. The second kappa shape index (κ2) is 2.74. The summed E-state index contributed by atoms with van der Waals surface area (Å²) in [6, 6.07) is 13.7. The summed E-state index contributed by atoms with van der Waals surface area (Å²) in [5.41, 5.74) is 9.89. The smallest absolute Gasteiger partial charge is 0.0856 e. The van der Waals surface area contributed by atoms with Crippen molar-refractivity contribution in [2.75, 3.05) is 0 Å². The summed E-state index contributed by atoms with van der Waals surface area (Å²) < 4.78 is 0. The lowest BCUT2D eigenvalue weighted by Gasteiger charge is -1.88. The van der Waals surface area contributed by atoms with Crippen LogP contribution in [0.4, 0.5) is 5.69 Å². The molecular formula is C10H8N2. The van der Waals surface area contributed by atoms with E-state index in [1.807, 2.05) is 42.5 Å². The highest BCUT2D eigenvalue weighted by Gasteiger charge is 1.98. The number of rotatable bonds is 1. The molecule has 0 spiro atoms. The molecule has 0 aromatic rings. The summed E-state index contributed by atoms with van der Waals surface area (Å²) in [5.74, 6) is 0. The highest BCUT2D eigenvalue weighted by molar-refractivity contribution is 5.68. The van der Waals surface area contributed by atoms with Crippen molar-refractivity contribution in [1.82, 2.24) is 0 Å². The van der Waals surface area contributed by atoms with E-state index in [2.05, 4.69) is 5.11 Å². The molecule has 0 bridgehead atoms. The van der Waals surface area contributed by atoms with E-state index < -0.39 is 0 Å². The highest BCUT2D eigenvalue weighted by Crippen LogP contribution is 2.25. The molecule has 0 radical (unpaired) electrons. The van der Waals surface area contributed by atoms with Gasteiger partial charge in [-0.05, 0) is 23.3 Å². The zero-order valence-electron chi connectivity index (χ0n) is 6.49. The van der Waals surface area contributed by atoms with Crippen LogP contribution in [0.3, 0.4) is 0 Å². The van der Waals surface area contributed by atoms with Gasteiger partial charge in [-0.15, -0.1) is 0 Å². The fourth-order valence-corrected chi connectivity index (χ4v) is 1.26. The van der Waals surface area contributed by atoms with E-state index in [1.54, 1.807) is 0 Å². The SMILES string of the molecule is N=Nc1cccc2cccc-2c1. The van der Waals surface area contributed by atoms with Gasteiger partial charge in [-0.3, -0.25) is 0 Å². The van der Waals surface area contributed by atoms with Gasteiger partial charge in [0, 0.05) is 0 Å². The van der Waals surface area contributed by atoms with Crippen molar-refractivity contribution in [2.45, 2.75) is 0 Å². The van der Waals surface area contributed by atoms with Crippen LogP contribution >= 0.6 is 0 Å². The Morgan fingerprint density at radius 3 is 2.33 bits per heavy atom. The van der Waals surface area contributed by atoms with E-state index in [-0.39, 0.29) is 0 Å². The fourth-order valence-electron chi connectivity index (χ4n) is 1.26. The largest absolute Gasteiger partial charge is 0.204 e. The molecule has 0 atom stereocenters. The predicted molar refractivity (Wildman–Crippen MR) is 47.9 cm³/mol. The molecule has 12 heavy (non-hydrogen) atoms. The van der Waals surface area contributed by atoms with Crippen molar-refractivity contribution >= 4 is 5.69 Å². The van der Waals surface area contributed by atoms with E-state index in [4.69, 9.17) is 5.53 Å². The lowest BCUT2D eigenvalue weighted by atomic mass is 10.2. The normalized spacial score (nSPS) is 10.0.